The summed E-state index contributed by atoms with van der Waals surface area (Å²) in [5.41, 5.74) is 5.29. The normalized spacial score (nSPS) is 16.5. The third kappa shape index (κ3) is 3.13. The van der Waals surface area contributed by atoms with E-state index in [1.807, 2.05) is 11.3 Å². The maximum absolute atomic E-state index is 3.61. The Morgan fingerprint density at radius 1 is 0.857 bits per heavy atom. The zero-order valence-electron chi connectivity index (χ0n) is 16.1. The molecule has 0 saturated carbocycles. The van der Waals surface area contributed by atoms with E-state index in [2.05, 4.69) is 93.8 Å². The van der Waals surface area contributed by atoms with Gasteiger partial charge < -0.3 is 9.88 Å². The molecule has 0 aliphatic carbocycles. The summed E-state index contributed by atoms with van der Waals surface area (Å²) < 4.78 is 0. The van der Waals surface area contributed by atoms with Gasteiger partial charge in [-0.1, -0.05) is 42.5 Å². The second kappa shape index (κ2) is 7.46. The van der Waals surface area contributed by atoms with Crippen LogP contribution in [-0.2, 0) is 0 Å². The maximum Gasteiger partial charge on any atom is 0.0720 e. The molecule has 2 aromatic carbocycles. The summed E-state index contributed by atoms with van der Waals surface area (Å²) in [6.45, 7) is 6.48. The van der Waals surface area contributed by atoms with E-state index in [1.165, 1.54) is 32.7 Å². The Hall–Kier alpha value is -2.56. The lowest BCUT2D eigenvalue weighted by Crippen LogP contribution is -2.47. The van der Waals surface area contributed by atoms with Crippen LogP contribution in [0, 0.1) is 6.92 Å². The average molecular weight is 388 g/mol. The fourth-order valence-electron chi connectivity index (χ4n) is 4.48. The van der Waals surface area contributed by atoms with Gasteiger partial charge in [0.2, 0.25) is 0 Å². The van der Waals surface area contributed by atoms with Gasteiger partial charge in [0.15, 0.2) is 0 Å². The molecule has 0 amide bonds. The molecule has 1 aliphatic rings. The van der Waals surface area contributed by atoms with Crippen molar-refractivity contribution in [3.8, 4) is 0 Å². The zero-order valence-corrected chi connectivity index (χ0v) is 17.0. The Kier molecular flexibility index (Phi) is 4.67. The molecule has 4 aromatic rings. The molecule has 4 heteroatoms. The van der Waals surface area contributed by atoms with E-state index in [-0.39, 0.29) is 0 Å². The van der Waals surface area contributed by atoms with Crippen molar-refractivity contribution in [3.63, 3.8) is 0 Å². The van der Waals surface area contributed by atoms with Crippen molar-refractivity contribution in [2.45, 2.75) is 13.0 Å². The number of piperazine rings is 1. The van der Waals surface area contributed by atoms with E-state index >= 15 is 0 Å². The van der Waals surface area contributed by atoms with Crippen LogP contribution in [-0.4, -0.2) is 36.1 Å². The monoisotopic (exact) mass is 387 g/mol. The average Bonchev–Trinajstić information content (AvgIpc) is 3.38. The molecule has 3 heterocycles. The predicted octanol–water partition coefficient (Wildman–Crippen LogP) is 5.45. The van der Waals surface area contributed by atoms with Gasteiger partial charge in [0.05, 0.1) is 6.04 Å². The number of thiophene rings is 1. The number of para-hydroxylation sites is 2. The first kappa shape index (κ1) is 17.5. The second-order valence-corrected chi connectivity index (χ2v) is 8.47. The molecule has 0 bridgehead atoms. The highest BCUT2D eigenvalue weighted by molar-refractivity contribution is 7.10. The summed E-state index contributed by atoms with van der Waals surface area (Å²) in [6, 6.07) is 24.3. The van der Waals surface area contributed by atoms with Crippen molar-refractivity contribution >= 4 is 27.9 Å². The van der Waals surface area contributed by atoms with Gasteiger partial charge >= 0.3 is 0 Å². The van der Waals surface area contributed by atoms with E-state index in [0.29, 0.717) is 6.04 Å². The Bertz CT molecular complexity index is 1040. The minimum Gasteiger partial charge on any atom is -0.369 e. The Morgan fingerprint density at radius 3 is 2.36 bits per heavy atom. The SMILES string of the molecule is Cc1[nH]c2ccccc2c1[C@H](c1cccs1)N1CCN(c2ccccc2)CC1. The third-order valence-corrected chi connectivity index (χ3v) is 6.76. The van der Waals surface area contributed by atoms with Crippen LogP contribution in [0.15, 0.2) is 72.1 Å². The van der Waals surface area contributed by atoms with Crippen LogP contribution in [0.3, 0.4) is 0 Å². The molecule has 28 heavy (non-hydrogen) atoms. The largest absolute Gasteiger partial charge is 0.369 e. The van der Waals surface area contributed by atoms with Gasteiger partial charge in [-0.25, -0.2) is 0 Å². The standard InChI is InChI=1S/C24H25N3S/c1-18-23(20-10-5-6-11-21(20)25-18)24(22-12-7-17-28-22)27-15-13-26(14-16-27)19-8-3-2-4-9-19/h2-12,17,24-25H,13-16H2,1H3/t24-/m0/s1. The Balaban J connectivity index is 1.48. The topological polar surface area (TPSA) is 22.3 Å². The molecule has 1 saturated heterocycles. The summed E-state index contributed by atoms with van der Waals surface area (Å²) in [5.74, 6) is 0. The van der Waals surface area contributed by atoms with Crippen molar-refractivity contribution < 1.29 is 0 Å². The Labute approximate surface area is 170 Å². The maximum atomic E-state index is 3.61. The molecular weight excluding hydrogens is 362 g/mol. The molecule has 0 spiro atoms. The number of hydrogen-bond acceptors (Lipinski definition) is 3. The lowest BCUT2D eigenvalue weighted by molar-refractivity contribution is 0.215. The molecule has 0 radical (unpaired) electrons. The molecule has 2 aromatic heterocycles. The summed E-state index contributed by atoms with van der Waals surface area (Å²) in [4.78, 5) is 10.2. The van der Waals surface area contributed by atoms with Crippen LogP contribution in [0.25, 0.3) is 10.9 Å². The van der Waals surface area contributed by atoms with Crippen molar-refractivity contribution in [2.24, 2.45) is 0 Å². The summed E-state index contributed by atoms with van der Waals surface area (Å²) in [6.07, 6.45) is 0. The molecule has 1 fully saturated rings. The molecule has 3 nitrogen and oxygen atoms in total. The molecule has 1 atom stereocenters. The van der Waals surface area contributed by atoms with Crippen molar-refractivity contribution in [1.29, 1.82) is 0 Å². The van der Waals surface area contributed by atoms with Crippen LogP contribution >= 0.6 is 11.3 Å². The smallest absolute Gasteiger partial charge is 0.0720 e. The fraction of sp³-hybridized carbons (Fsp3) is 0.250. The number of aryl methyl sites for hydroxylation is 1. The zero-order chi connectivity index (χ0) is 18.9. The number of aromatic amines is 1. The van der Waals surface area contributed by atoms with Gasteiger partial charge in [-0.3, -0.25) is 4.90 Å². The van der Waals surface area contributed by atoms with Crippen LogP contribution < -0.4 is 4.90 Å². The number of nitrogens with zero attached hydrogens (tertiary/aromatic N) is 2. The van der Waals surface area contributed by atoms with Gasteiger partial charge in [-0.05, 0) is 36.6 Å². The lowest BCUT2D eigenvalue weighted by atomic mass is 9.99. The molecule has 0 unspecified atom stereocenters. The van der Waals surface area contributed by atoms with Gasteiger partial charge in [-0.2, -0.15) is 0 Å². The highest BCUT2D eigenvalue weighted by Gasteiger charge is 2.30. The van der Waals surface area contributed by atoms with E-state index in [0.717, 1.165) is 26.2 Å². The van der Waals surface area contributed by atoms with Crippen molar-refractivity contribution in [3.05, 3.63) is 88.2 Å². The third-order valence-electron chi connectivity index (χ3n) is 5.83. The first-order valence-corrected chi connectivity index (χ1v) is 10.8. The van der Waals surface area contributed by atoms with Gasteiger partial charge in [0.1, 0.15) is 0 Å². The number of hydrogen-bond donors (Lipinski definition) is 1. The minimum absolute atomic E-state index is 0.314. The number of H-pyrrole nitrogens is 1. The number of benzene rings is 2. The second-order valence-electron chi connectivity index (χ2n) is 7.49. The van der Waals surface area contributed by atoms with Crippen LogP contribution in [0.5, 0.6) is 0 Å². The number of rotatable bonds is 4. The number of aromatic nitrogens is 1. The molecule has 142 valence electrons. The molecule has 1 aliphatic heterocycles. The number of fused-ring (bicyclic) bond motifs is 1. The van der Waals surface area contributed by atoms with Gasteiger partial charge in [-0.15, -0.1) is 11.3 Å². The van der Waals surface area contributed by atoms with E-state index < -0.39 is 0 Å². The van der Waals surface area contributed by atoms with Crippen LogP contribution in [0.4, 0.5) is 5.69 Å². The molecular formula is C24H25N3S. The minimum atomic E-state index is 0.314. The first-order valence-electron chi connectivity index (χ1n) is 9.96. The molecule has 1 N–H and O–H groups in total. The number of anilines is 1. The lowest BCUT2D eigenvalue weighted by Gasteiger charge is -2.40. The summed E-state index contributed by atoms with van der Waals surface area (Å²) in [7, 11) is 0. The fourth-order valence-corrected chi connectivity index (χ4v) is 5.35. The van der Waals surface area contributed by atoms with E-state index in [4.69, 9.17) is 0 Å². The summed E-state index contributed by atoms with van der Waals surface area (Å²) >= 11 is 1.87. The van der Waals surface area contributed by atoms with Crippen LogP contribution in [0.1, 0.15) is 22.2 Å². The summed E-state index contributed by atoms with van der Waals surface area (Å²) in [5, 5.41) is 3.55. The quantitative estimate of drug-likeness (QED) is 0.503. The number of nitrogens with one attached hydrogen (secondary N) is 1. The molecule has 5 rings (SSSR count). The van der Waals surface area contributed by atoms with Gasteiger partial charge in [0.25, 0.3) is 0 Å². The van der Waals surface area contributed by atoms with Crippen LogP contribution in [0.2, 0.25) is 0 Å². The van der Waals surface area contributed by atoms with Crippen molar-refractivity contribution in [1.82, 2.24) is 9.88 Å². The highest BCUT2D eigenvalue weighted by Crippen LogP contribution is 2.38. The van der Waals surface area contributed by atoms with E-state index in [1.54, 1.807) is 0 Å². The van der Waals surface area contributed by atoms with Crippen molar-refractivity contribution in [2.75, 3.05) is 31.1 Å². The predicted molar refractivity (Wildman–Crippen MR) is 119 cm³/mol. The first-order chi connectivity index (χ1) is 13.8. The van der Waals surface area contributed by atoms with Gasteiger partial charge in [0, 0.05) is 58.9 Å². The van der Waals surface area contributed by atoms with E-state index in [9.17, 15) is 0 Å². The highest BCUT2D eigenvalue weighted by atomic mass is 32.1. The Morgan fingerprint density at radius 2 is 1.61 bits per heavy atom.